The highest BCUT2D eigenvalue weighted by molar-refractivity contribution is 7.07. The van der Waals surface area contributed by atoms with E-state index < -0.39 is 0 Å². The van der Waals surface area contributed by atoms with E-state index in [1.54, 1.807) is 11.3 Å². The molecule has 0 aromatic carbocycles. The third-order valence-electron chi connectivity index (χ3n) is 4.73. The quantitative estimate of drug-likeness (QED) is 0.817. The summed E-state index contributed by atoms with van der Waals surface area (Å²) in [5, 5.41) is 2.06. The van der Waals surface area contributed by atoms with E-state index in [1.165, 1.54) is 6.42 Å². The van der Waals surface area contributed by atoms with Gasteiger partial charge in [0.1, 0.15) is 0 Å². The maximum Gasteiger partial charge on any atom is 0.0950 e. The predicted molar refractivity (Wildman–Crippen MR) is 71.7 cm³/mol. The number of thiazole rings is 1. The molecule has 2 bridgehead atoms. The highest BCUT2D eigenvalue weighted by atomic mass is 32.1. The number of nitrogens with zero attached hydrogens (tertiary/aromatic N) is 1. The number of fused-ring (bicyclic) bond motifs is 2. The zero-order valence-corrected chi connectivity index (χ0v) is 12.0. The normalized spacial score (nSPS) is 38.4. The molecule has 1 aromatic rings. The molecule has 0 aliphatic carbocycles. The van der Waals surface area contributed by atoms with Gasteiger partial charge in [-0.1, -0.05) is 13.8 Å². The topological polar surface area (TPSA) is 31.4 Å². The second-order valence-corrected chi connectivity index (χ2v) is 6.26. The van der Waals surface area contributed by atoms with E-state index in [0.717, 1.165) is 31.4 Å². The number of aromatic nitrogens is 1. The minimum Gasteiger partial charge on any atom is -0.369 e. The summed E-state index contributed by atoms with van der Waals surface area (Å²) < 4.78 is 12.5. The van der Waals surface area contributed by atoms with Gasteiger partial charge in [-0.15, -0.1) is 11.3 Å². The van der Waals surface area contributed by atoms with Crippen LogP contribution in [0.15, 0.2) is 10.9 Å². The Bertz CT molecular complexity index is 408. The Balaban J connectivity index is 1.69. The van der Waals surface area contributed by atoms with Gasteiger partial charge in [0.05, 0.1) is 35.1 Å². The molecule has 3 atom stereocenters. The van der Waals surface area contributed by atoms with Crippen molar-refractivity contribution in [3.05, 3.63) is 16.6 Å². The molecule has 0 spiro atoms. The van der Waals surface area contributed by atoms with Crippen LogP contribution in [0.4, 0.5) is 0 Å². The van der Waals surface area contributed by atoms with E-state index in [4.69, 9.17) is 9.47 Å². The summed E-state index contributed by atoms with van der Waals surface area (Å²) in [6.07, 6.45) is 5.81. The van der Waals surface area contributed by atoms with Crippen molar-refractivity contribution in [1.29, 1.82) is 0 Å². The van der Waals surface area contributed by atoms with E-state index in [-0.39, 0.29) is 17.3 Å². The molecule has 100 valence electrons. The number of hydrogen-bond donors (Lipinski definition) is 0. The Hall–Kier alpha value is -0.450. The average molecular weight is 267 g/mol. The Morgan fingerprint density at radius 2 is 2.33 bits per heavy atom. The van der Waals surface area contributed by atoms with Gasteiger partial charge in [0.2, 0.25) is 0 Å². The van der Waals surface area contributed by atoms with Gasteiger partial charge in [0.15, 0.2) is 0 Å². The smallest absolute Gasteiger partial charge is 0.0950 e. The van der Waals surface area contributed by atoms with Crippen LogP contribution in [0.2, 0.25) is 0 Å². The number of ether oxygens (including phenoxy) is 2. The first-order valence-electron chi connectivity index (χ1n) is 6.91. The fraction of sp³-hybridized carbons (Fsp3) is 0.786. The Morgan fingerprint density at radius 1 is 1.44 bits per heavy atom. The van der Waals surface area contributed by atoms with E-state index in [1.807, 2.05) is 5.51 Å². The third kappa shape index (κ3) is 1.91. The zero-order chi connectivity index (χ0) is 12.6. The highest BCUT2D eigenvalue weighted by Gasteiger charge is 2.60. The Morgan fingerprint density at radius 3 is 3.00 bits per heavy atom. The van der Waals surface area contributed by atoms with Crippen molar-refractivity contribution in [2.24, 2.45) is 0 Å². The van der Waals surface area contributed by atoms with Crippen LogP contribution in [0.1, 0.15) is 51.6 Å². The second kappa shape index (κ2) is 4.58. The lowest BCUT2D eigenvalue weighted by molar-refractivity contribution is -0.0998. The molecule has 0 radical (unpaired) electrons. The summed E-state index contributed by atoms with van der Waals surface area (Å²) in [5.74, 6) is 0. The van der Waals surface area contributed by atoms with E-state index in [0.29, 0.717) is 6.61 Å². The molecule has 2 aliphatic rings. The molecule has 3 rings (SSSR count). The molecule has 2 fully saturated rings. The van der Waals surface area contributed by atoms with Gasteiger partial charge < -0.3 is 9.47 Å². The summed E-state index contributed by atoms with van der Waals surface area (Å²) in [6, 6.07) is 0. The van der Waals surface area contributed by atoms with Crippen molar-refractivity contribution in [3.8, 4) is 0 Å². The molecule has 4 heteroatoms. The number of rotatable bonds is 5. The summed E-state index contributed by atoms with van der Waals surface area (Å²) in [4.78, 5) is 4.28. The van der Waals surface area contributed by atoms with E-state index >= 15 is 0 Å². The molecule has 2 aliphatic heterocycles. The standard InChI is InChI=1S/C14H21NO2S/c1-3-13-5-6-14(4-2,17-13)12(7-13)16-8-11-9-18-10-15-11/h9-10,12H,3-8H2,1-2H3/t12-,13-,14+/m0/s1. The maximum absolute atomic E-state index is 6.39. The van der Waals surface area contributed by atoms with Crippen LogP contribution >= 0.6 is 11.3 Å². The molecule has 1 aromatic heterocycles. The lowest BCUT2D eigenvalue weighted by atomic mass is 9.77. The summed E-state index contributed by atoms with van der Waals surface area (Å²) in [7, 11) is 0. The van der Waals surface area contributed by atoms with Gasteiger partial charge in [0, 0.05) is 11.8 Å². The van der Waals surface area contributed by atoms with Crippen molar-refractivity contribution >= 4 is 11.3 Å². The first-order valence-corrected chi connectivity index (χ1v) is 7.85. The monoisotopic (exact) mass is 267 g/mol. The van der Waals surface area contributed by atoms with Crippen molar-refractivity contribution in [2.75, 3.05) is 0 Å². The SMILES string of the molecule is CC[C@@]12CC[C@@](CC)(O1)[C@@H](OCc1cscn1)C2. The first-order chi connectivity index (χ1) is 8.72. The maximum atomic E-state index is 6.39. The molecular formula is C14H21NO2S. The van der Waals surface area contributed by atoms with Crippen molar-refractivity contribution in [3.63, 3.8) is 0 Å². The van der Waals surface area contributed by atoms with Crippen LogP contribution < -0.4 is 0 Å². The molecule has 3 heterocycles. The van der Waals surface area contributed by atoms with Crippen molar-refractivity contribution in [1.82, 2.24) is 4.98 Å². The Kier molecular flexibility index (Phi) is 3.20. The third-order valence-corrected chi connectivity index (χ3v) is 5.36. The molecule has 0 unspecified atom stereocenters. The molecule has 0 N–H and O–H groups in total. The van der Waals surface area contributed by atoms with Crippen LogP contribution in [0.25, 0.3) is 0 Å². The predicted octanol–water partition coefficient (Wildman–Crippen LogP) is 3.54. The molecule has 18 heavy (non-hydrogen) atoms. The molecule has 0 amide bonds. The lowest BCUT2D eigenvalue weighted by Crippen LogP contribution is -2.39. The lowest BCUT2D eigenvalue weighted by Gasteiger charge is -2.31. The molecule has 0 saturated carbocycles. The number of hydrogen-bond acceptors (Lipinski definition) is 4. The van der Waals surface area contributed by atoms with E-state index in [9.17, 15) is 0 Å². The van der Waals surface area contributed by atoms with Gasteiger partial charge in [0.25, 0.3) is 0 Å². The fourth-order valence-corrected chi connectivity index (χ4v) is 3.99. The van der Waals surface area contributed by atoms with E-state index in [2.05, 4.69) is 24.2 Å². The second-order valence-electron chi connectivity index (χ2n) is 5.54. The average Bonchev–Trinajstić information content (AvgIpc) is 3.10. The van der Waals surface area contributed by atoms with Crippen LogP contribution in [-0.4, -0.2) is 22.3 Å². The van der Waals surface area contributed by atoms with Crippen molar-refractivity contribution < 1.29 is 9.47 Å². The molecule has 2 saturated heterocycles. The Labute approximate surface area is 113 Å². The summed E-state index contributed by atoms with van der Waals surface area (Å²) in [6.45, 7) is 5.07. The highest BCUT2D eigenvalue weighted by Crippen LogP contribution is 2.55. The van der Waals surface area contributed by atoms with Gasteiger partial charge in [-0.05, 0) is 25.7 Å². The largest absolute Gasteiger partial charge is 0.369 e. The molecular weight excluding hydrogens is 246 g/mol. The van der Waals surface area contributed by atoms with Gasteiger partial charge in [-0.25, -0.2) is 4.98 Å². The van der Waals surface area contributed by atoms with Gasteiger partial charge in [-0.2, -0.15) is 0 Å². The minimum absolute atomic E-state index is 0.0218. The van der Waals surface area contributed by atoms with Crippen molar-refractivity contribution in [2.45, 2.75) is 69.9 Å². The summed E-state index contributed by atoms with van der Waals surface area (Å²) >= 11 is 1.62. The van der Waals surface area contributed by atoms with Gasteiger partial charge in [-0.3, -0.25) is 0 Å². The van der Waals surface area contributed by atoms with Crippen LogP contribution in [0.3, 0.4) is 0 Å². The van der Waals surface area contributed by atoms with Crippen LogP contribution in [-0.2, 0) is 16.1 Å². The fourth-order valence-electron chi connectivity index (χ4n) is 3.44. The van der Waals surface area contributed by atoms with Crippen LogP contribution in [0.5, 0.6) is 0 Å². The molecule has 3 nitrogen and oxygen atoms in total. The zero-order valence-electron chi connectivity index (χ0n) is 11.1. The minimum atomic E-state index is -0.0218. The first kappa shape index (κ1) is 12.6. The summed E-state index contributed by atoms with van der Waals surface area (Å²) in [5.41, 5.74) is 2.98. The van der Waals surface area contributed by atoms with Gasteiger partial charge >= 0.3 is 0 Å². The van der Waals surface area contributed by atoms with Crippen LogP contribution in [0, 0.1) is 0 Å².